The number of piperidine rings is 1. The normalized spacial score (nSPS) is 24.1. The first-order valence-corrected chi connectivity index (χ1v) is 12.9. The average Bonchev–Trinajstić information content (AvgIpc) is 3.52. The molecule has 2 fully saturated rings. The van der Waals surface area contributed by atoms with E-state index in [0.717, 1.165) is 30.6 Å². The molecule has 2 saturated heterocycles. The highest BCUT2D eigenvalue weighted by molar-refractivity contribution is 7.08. The van der Waals surface area contributed by atoms with Crippen LogP contribution in [-0.2, 0) is 11.3 Å². The van der Waals surface area contributed by atoms with Crippen LogP contribution in [0.3, 0.4) is 0 Å². The molecule has 4 atom stereocenters. The number of hydrogen-bond acceptors (Lipinski definition) is 5. The van der Waals surface area contributed by atoms with Gasteiger partial charge in [0.2, 0.25) is 0 Å². The largest absolute Gasteiger partial charge is 0.446 e. The van der Waals surface area contributed by atoms with E-state index < -0.39 is 0 Å². The lowest BCUT2D eigenvalue weighted by molar-refractivity contribution is 0.0167. The fourth-order valence-corrected chi connectivity index (χ4v) is 6.49. The maximum atomic E-state index is 13.4. The quantitative estimate of drug-likeness (QED) is 0.417. The molecule has 1 aromatic carbocycles. The van der Waals surface area contributed by atoms with Crippen molar-refractivity contribution in [2.75, 3.05) is 4.90 Å². The van der Waals surface area contributed by atoms with E-state index in [-0.39, 0.29) is 18.2 Å². The van der Waals surface area contributed by atoms with Crippen LogP contribution in [0.5, 0.6) is 0 Å². The first-order valence-electron chi connectivity index (χ1n) is 11.0. The molecule has 0 N–H and O–H groups in total. The molecule has 31 heavy (non-hydrogen) atoms. The Bertz CT molecular complexity index is 960. The summed E-state index contributed by atoms with van der Waals surface area (Å²) >= 11 is 3.26. The predicted molar refractivity (Wildman–Crippen MR) is 128 cm³/mol. The molecule has 3 aromatic rings. The summed E-state index contributed by atoms with van der Waals surface area (Å²) in [7, 11) is 0. The number of anilines is 1. The van der Waals surface area contributed by atoms with Crippen molar-refractivity contribution in [1.29, 1.82) is 0 Å². The summed E-state index contributed by atoms with van der Waals surface area (Å²) in [5, 5.41) is 8.21. The Balaban J connectivity index is 1.27. The Morgan fingerprint density at radius 1 is 1.06 bits per heavy atom. The maximum Gasteiger partial charge on any atom is 0.415 e. The van der Waals surface area contributed by atoms with Gasteiger partial charge in [0.1, 0.15) is 6.10 Å². The number of carbonyl (C=O) groups is 1. The number of rotatable bonds is 6. The average molecular weight is 453 g/mol. The van der Waals surface area contributed by atoms with E-state index in [1.165, 1.54) is 18.4 Å². The van der Waals surface area contributed by atoms with Gasteiger partial charge in [0.05, 0.1) is 11.7 Å². The van der Waals surface area contributed by atoms with Crippen LogP contribution < -0.4 is 4.90 Å². The van der Waals surface area contributed by atoms with Crippen LogP contribution in [0.25, 0.3) is 0 Å². The molecule has 1 amide bonds. The van der Waals surface area contributed by atoms with Crippen LogP contribution in [0.1, 0.15) is 49.8 Å². The van der Waals surface area contributed by atoms with Crippen molar-refractivity contribution in [2.45, 2.75) is 63.4 Å². The van der Waals surface area contributed by atoms with Gasteiger partial charge in [-0.1, -0.05) is 30.3 Å². The van der Waals surface area contributed by atoms with Crippen molar-refractivity contribution in [3.8, 4) is 0 Å². The minimum atomic E-state index is -0.224. The zero-order chi connectivity index (χ0) is 21.2. The van der Waals surface area contributed by atoms with Gasteiger partial charge in [-0.15, -0.1) is 0 Å². The van der Waals surface area contributed by atoms with Gasteiger partial charge in [-0.2, -0.15) is 22.7 Å². The number of fused-ring (bicyclic) bond motifs is 2. The molecule has 0 saturated carbocycles. The highest BCUT2D eigenvalue weighted by Crippen LogP contribution is 2.39. The van der Waals surface area contributed by atoms with E-state index in [4.69, 9.17) is 4.74 Å². The van der Waals surface area contributed by atoms with Crippen molar-refractivity contribution in [3.63, 3.8) is 0 Å². The molecule has 0 spiro atoms. The molecule has 2 aliphatic heterocycles. The van der Waals surface area contributed by atoms with E-state index in [1.54, 1.807) is 22.7 Å². The van der Waals surface area contributed by atoms with E-state index in [2.05, 4.69) is 59.0 Å². The first-order chi connectivity index (χ1) is 15.2. The Kier molecular flexibility index (Phi) is 6.12. The summed E-state index contributed by atoms with van der Waals surface area (Å²) < 4.78 is 6.14. The van der Waals surface area contributed by atoms with Crippen LogP contribution in [0.15, 0.2) is 64.0 Å². The van der Waals surface area contributed by atoms with Gasteiger partial charge in [-0.05, 0) is 59.2 Å². The first kappa shape index (κ1) is 20.7. The number of thiophene rings is 2. The third-order valence-corrected chi connectivity index (χ3v) is 8.08. The van der Waals surface area contributed by atoms with Crippen molar-refractivity contribution in [3.05, 3.63) is 75.1 Å². The summed E-state index contributed by atoms with van der Waals surface area (Å²) in [4.78, 5) is 17.8. The molecule has 6 heteroatoms. The monoisotopic (exact) mass is 452 g/mol. The van der Waals surface area contributed by atoms with Gasteiger partial charge >= 0.3 is 6.09 Å². The highest BCUT2D eigenvalue weighted by atomic mass is 32.1. The molecular formula is C25H28N2O2S2. The van der Waals surface area contributed by atoms with Gasteiger partial charge < -0.3 is 4.74 Å². The van der Waals surface area contributed by atoms with Crippen molar-refractivity contribution in [1.82, 2.24) is 4.90 Å². The fourth-order valence-electron chi connectivity index (χ4n) is 5.12. The highest BCUT2D eigenvalue weighted by Gasteiger charge is 2.42. The molecule has 0 radical (unpaired) electrons. The zero-order valence-electron chi connectivity index (χ0n) is 17.7. The molecule has 2 bridgehead atoms. The number of benzene rings is 1. The van der Waals surface area contributed by atoms with E-state index in [0.29, 0.717) is 12.1 Å². The summed E-state index contributed by atoms with van der Waals surface area (Å²) in [6, 6.07) is 15.7. The van der Waals surface area contributed by atoms with Crippen LogP contribution in [0, 0.1) is 0 Å². The molecule has 162 valence electrons. The number of nitrogens with zero attached hydrogens (tertiary/aromatic N) is 2. The second-order valence-electron chi connectivity index (χ2n) is 8.60. The number of ether oxygens (including phenoxy) is 1. The minimum absolute atomic E-state index is 0.00664. The molecule has 2 aromatic heterocycles. The Morgan fingerprint density at radius 3 is 2.42 bits per heavy atom. The van der Waals surface area contributed by atoms with Gasteiger partial charge in [-0.3, -0.25) is 9.80 Å². The lowest BCUT2D eigenvalue weighted by atomic mass is 9.99. The lowest BCUT2D eigenvalue weighted by Crippen LogP contribution is -2.46. The second kappa shape index (κ2) is 9.15. The molecule has 1 unspecified atom stereocenters. The molecule has 5 rings (SSSR count). The third kappa shape index (κ3) is 4.43. The van der Waals surface area contributed by atoms with E-state index in [1.807, 2.05) is 21.7 Å². The van der Waals surface area contributed by atoms with Gasteiger partial charge in [0.15, 0.2) is 0 Å². The molecule has 2 aliphatic rings. The number of carbonyl (C=O) groups excluding carboxylic acids is 1. The van der Waals surface area contributed by atoms with Crippen molar-refractivity contribution in [2.24, 2.45) is 0 Å². The summed E-state index contributed by atoms with van der Waals surface area (Å²) in [5.41, 5.74) is 3.42. The van der Waals surface area contributed by atoms with Crippen LogP contribution in [0.2, 0.25) is 0 Å². The molecular weight excluding hydrogens is 424 g/mol. The number of hydrogen-bond donors (Lipinski definition) is 0. The Morgan fingerprint density at radius 2 is 1.77 bits per heavy atom. The predicted octanol–water partition coefficient (Wildman–Crippen LogP) is 6.71. The fraction of sp³-hybridized carbons (Fsp3) is 0.400. The summed E-state index contributed by atoms with van der Waals surface area (Å²) in [5.74, 6) is 0. The van der Waals surface area contributed by atoms with Crippen LogP contribution >= 0.6 is 22.7 Å². The second-order valence-corrected chi connectivity index (χ2v) is 10.2. The SMILES string of the molecule is CC(c1ccsc1)N(C(=O)O[C@H]1C[C@H]2CC[C@@H](C1)N2Cc1ccccc1)c1ccsc1. The standard InChI is InChI=1S/C25H28N2O2S2/c1-18(20-9-11-30-16-20)27(23-10-12-31-17-23)25(28)29-24-13-21-7-8-22(14-24)26(21)15-19-5-3-2-4-6-19/h2-6,9-12,16-18,21-22,24H,7-8,13-15H2,1H3/t18?,21-,22+,24+. The van der Waals surface area contributed by atoms with Crippen molar-refractivity contribution < 1.29 is 9.53 Å². The van der Waals surface area contributed by atoms with Crippen molar-refractivity contribution >= 4 is 34.5 Å². The van der Waals surface area contributed by atoms with E-state index in [9.17, 15) is 4.79 Å². The zero-order valence-corrected chi connectivity index (χ0v) is 19.4. The summed E-state index contributed by atoms with van der Waals surface area (Å²) in [6.07, 6.45) is 4.03. The van der Waals surface area contributed by atoms with E-state index >= 15 is 0 Å². The van der Waals surface area contributed by atoms with Gasteiger partial charge in [-0.25, -0.2) is 4.79 Å². The van der Waals surface area contributed by atoms with Crippen LogP contribution in [0.4, 0.5) is 10.5 Å². The Hall–Kier alpha value is -2.15. The number of amides is 1. The Labute approximate surface area is 192 Å². The van der Waals surface area contributed by atoms with Gasteiger partial charge in [0, 0.05) is 36.9 Å². The molecule has 4 nitrogen and oxygen atoms in total. The van der Waals surface area contributed by atoms with Gasteiger partial charge in [0.25, 0.3) is 0 Å². The topological polar surface area (TPSA) is 32.8 Å². The molecule has 4 heterocycles. The molecule has 0 aliphatic carbocycles. The lowest BCUT2D eigenvalue weighted by Gasteiger charge is -2.39. The third-order valence-electron chi connectivity index (χ3n) is 6.71. The minimum Gasteiger partial charge on any atom is -0.446 e. The van der Waals surface area contributed by atoms with Crippen LogP contribution in [-0.4, -0.2) is 29.2 Å². The smallest absolute Gasteiger partial charge is 0.415 e. The summed E-state index contributed by atoms with van der Waals surface area (Å²) in [6.45, 7) is 3.07. The maximum absolute atomic E-state index is 13.4.